The van der Waals surface area contributed by atoms with Gasteiger partial charge in [-0.2, -0.15) is 0 Å². The Kier molecular flexibility index (Phi) is 3.62. The average molecular weight is 204 g/mol. The monoisotopic (exact) mass is 204 g/mol. The molecule has 0 aromatic heterocycles. The second-order valence-corrected chi connectivity index (χ2v) is 4.13. The fourth-order valence-corrected chi connectivity index (χ4v) is 2.11. The van der Waals surface area contributed by atoms with Crippen LogP contribution in [0.1, 0.15) is 24.8 Å². The maximum Gasteiger partial charge on any atom is 0.122 e. The highest BCUT2D eigenvalue weighted by Crippen LogP contribution is 2.17. The van der Waals surface area contributed by atoms with Crippen molar-refractivity contribution in [3.63, 3.8) is 0 Å². The lowest BCUT2D eigenvalue weighted by Gasteiger charge is -2.26. The van der Waals surface area contributed by atoms with Gasteiger partial charge in [-0.1, -0.05) is 18.6 Å². The minimum atomic E-state index is 0.851. The molecule has 0 aliphatic carbocycles. The lowest BCUT2D eigenvalue weighted by molar-refractivity contribution is 0.220. The molecule has 1 aromatic rings. The van der Waals surface area contributed by atoms with Crippen molar-refractivity contribution in [1.29, 1.82) is 0 Å². The van der Waals surface area contributed by atoms with Crippen molar-refractivity contribution in [2.24, 2.45) is 0 Å². The predicted molar refractivity (Wildman–Crippen MR) is 61.6 cm³/mol. The molecule has 0 spiro atoms. The van der Waals surface area contributed by atoms with Crippen molar-refractivity contribution in [2.45, 2.75) is 25.8 Å². The summed E-state index contributed by atoms with van der Waals surface area (Å²) >= 11 is 0. The van der Waals surface area contributed by atoms with Gasteiger partial charge in [0.25, 0.3) is 0 Å². The fourth-order valence-electron chi connectivity index (χ4n) is 2.11. The summed E-state index contributed by atoms with van der Waals surface area (Å²) in [5.74, 6) is 0.851. The number of rotatable bonds is 3. The Labute approximate surface area is 91.9 Å². The molecule has 2 rings (SSSR count). The molecule has 15 heavy (non-hydrogen) atoms. The fraction of sp³-hybridized carbons (Fsp3) is 0.462. The number of hydrogen-bond acceptors (Lipinski definition) is 2. The van der Waals surface area contributed by atoms with Gasteiger partial charge in [-0.05, 0) is 43.6 Å². The maximum absolute atomic E-state index is 4.98. The first-order valence-electron chi connectivity index (χ1n) is 5.62. The van der Waals surface area contributed by atoms with Gasteiger partial charge in [-0.15, -0.1) is 0 Å². The molecular weight excluding hydrogens is 186 g/mol. The van der Waals surface area contributed by atoms with Gasteiger partial charge in [-0.25, -0.2) is 0 Å². The molecule has 1 radical (unpaired) electrons. The highest BCUT2D eigenvalue weighted by atomic mass is 16.5. The molecule has 0 atom stereocenters. The zero-order valence-electron chi connectivity index (χ0n) is 9.11. The smallest absolute Gasteiger partial charge is 0.122 e. The number of hydrogen-bond donors (Lipinski definition) is 0. The van der Waals surface area contributed by atoms with Crippen molar-refractivity contribution in [3.8, 4) is 5.75 Å². The lowest BCUT2D eigenvalue weighted by atomic mass is 10.1. The van der Waals surface area contributed by atoms with Crippen molar-refractivity contribution in [2.75, 3.05) is 13.1 Å². The van der Waals surface area contributed by atoms with Crippen LogP contribution in [0.2, 0.25) is 0 Å². The summed E-state index contributed by atoms with van der Waals surface area (Å²) < 4.78 is 4.98. The Morgan fingerprint density at radius 3 is 2.73 bits per heavy atom. The van der Waals surface area contributed by atoms with Crippen molar-refractivity contribution >= 4 is 0 Å². The Morgan fingerprint density at radius 2 is 2.00 bits per heavy atom. The molecule has 1 aliphatic heterocycles. The molecule has 0 bridgehead atoms. The molecular formula is C13H18NO. The largest absolute Gasteiger partial charge is 0.490 e. The van der Waals surface area contributed by atoms with E-state index in [1.807, 2.05) is 12.1 Å². The average Bonchev–Trinajstić information content (AvgIpc) is 2.31. The molecule has 0 N–H and O–H groups in total. The van der Waals surface area contributed by atoms with E-state index in [1.165, 1.54) is 37.9 Å². The first-order valence-corrected chi connectivity index (χ1v) is 5.62. The Hall–Kier alpha value is -1.02. The van der Waals surface area contributed by atoms with Gasteiger partial charge >= 0.3 is 0 Å². The third-order valence-corrected chi connectivity index (χ3v) is 2.92. The minimum Gasteiger partial charge on any atom is -0.490 e. The van der Waals surface area contributed by atoms with E-state index in [0.29, 0.717) is 0 Å². The van der Waals surface area contributed by atoms with Crippen LogP contribution < -0.4 is 4.74 Å². The van der Waals surface area contributed by atoms with E-state index in [-0.39, 0.29) is 0 Å². The second kappa shape index (κ2) is 5.17. The Balaban J connectivity index is 1.96. The van der Waals surface area contributed by atoms with E-state index in [0.717, 1.165) is 12.3 Å². The molecule has 0 unspecified atom stereocenters. The molecule has 1 heterocycles. The summed E-state index contributed by atoms with van der Waals surface area (Å²) in [5, 5.41) is 0. The SMILES string of the molecule is [CH2]Oc1cccc(CN2CCCCC2)c1. The van der Waals surface area contributed by atoms with Crippen LogP contribution in [-0.4, -0.2) is 18.0 Å². The highest BCUT2D eigenvalue weighted by molar-refractivity contribution is 5.28. The van der Waals surface area contributed by atoms with Crippen molar-refractivity contribution in [1.82, 2.24) is 4.90 Å². The molecule has 1 aliphatic rings. The number of nitrogens with zero attached hydrogens (tertiary/aromatic N) is 1. The van der Waals surface area contributed by atoms with Crippen LogP contribution in [0.3, 0.4) is 0 Å². The van der Waals surface area contributed by atoms with Gasteiger partial charge in [0, 0.05) is 6.54 Å². The third kappa shape index (κ3) is 2.96. The molecule has 0 saturated carbocycles. The zero-order valence-corrected chi connectivity index (χ0v) is 9.11. The summed E-state index contributed by atoms with van der Waals surface area (Å²) in [6.07, 6.45) is 4.07. The van der Waals surface area contributed by atoms with Crippen molar-refractivity contribution < 1.29 is 4.74 Å². The topological polar surface area (TPSA) is 12.5 Å². The molecule has 2 nitrogen and oxygen atoms in total. The molecule has 1 saturated heterocycles. The van der Waals surface area contributed by atoms with E-state index in [2.05, 4.69) is 24.1 Å². The predicted octanol–water partition coefficient (Wildman–Crippen LogP) is 2.84. The van der Waals surface area contributed by atoms with Crippen molar-refractivity contribution in [3.05, 3.63) is 36.9 Å². The van der Waals surface area contributed by atoms with E-state index in [4.69, 9.17) is 4.74 Å². The van der Waals surface area contributed by atoms with Gasteiger partial charge < -0.3 is 4.74 Å². The lowest BCUT2D eigenvalue weighted by Crippen LogP contribution is -2.29. The number of benzene rings is 1. The molecule has 0 amide bonds. The Bertz CT molecular complexity index is 305. The van der Waals surface area contributed by atoms with Gasteiger partial charge in [0.05, 0.1) is 0 Å². The molecule has 2 heteroatoms. The Morgan fingerprint density at radius 1 is 1.20 bits per heavy atom. The van der Waals surface area contributed by atoms with Crippen LogP contribution in [0.15, 0.2) is 24.3 Å². The van der Waals surface area contributed by atoms with Crippen LogP contribution in [-0.2, 0) is 6.54 Å². The normalized spacial score (nSPS) is 17.7. The summed E-state index contributed by atoms with van der Waals surface area (Å²) in [5.41, 5.74) is 1.32. The van der Waals surface area contributed by atoms with Crippen LogP contribution in [0.4, 0.5) is 0 Å². The van der Waals surface area contributed by atoms with Crippen LogP contribution in [0.25, 0.3) is 0 Å². The van der Waals surface area contributed by atoms with Gasteiger partial charge in [-0.3, -0.25) is 4.90 Å². The first kappa shape index (κ1) is 10.5. The van der Waals surface area contributed by atoms with Crippen LogP contribution in [0, 0.1) is 7.11 Å². The van der Waals surface area contributed by atoms with Gasteiger partial charge in [0.2, 0.25) is 0 Å². The van der Waals surface area contributed by atoms with Crippen LogP contribution >= 0.6 is 0 Å². The van der Waals surface area contributed by atoms with Gasteiger partial charge in [0.1, 0.15) is 12.9 Å². The highest BCUT2D eigenvalue weighted by Gasteiger charge is 2.10. The first-order chi connectivity index (χ1) is 7.38. The summed E-state index contributed by atoms with van der Waals surface area (Å²) in [7, 11) is 3.43. The quantitative estimate of drug-likeness (QED) is 0.750. The molecule has 1 fully saturated rings. The molecule has 81 valence electrons. The standard InChI is InChI=1S/C13H18NO/c1-15-13-7-5-6-12(10-13)11-14-8-3-2-4-9-14/h5-7,10H,1-4,8-9,11H2. The number of likely N-dealkylation sites (tertiary alicyclic amines) is 1. The second-order valence-electron chi connectivity index (χ2n) is 4.13. The number of piperidine rings is 1. The minimum absolute atomic E-state index is 0.851. The summed E-state index contributed by atoms with van der Waals surface area (Å²) in [6, 6.07) is 8.19. The number of ether oxygens (including phenoxy) is 1. The van der Waals surface area contributed by atoms with E-state index in [1.54, 1.807) is 0 Å². The van der Waals surface area contributed by atoms with E-state index >= 15 is 0 Å². The maximum atomic E-state index is 4.98. The summed E-state index contributed by atoms with van der Waals surface area (Å²) in [4.78, 5) is 2.51. The van der Waals surface area contributed by atoms with E-state index in [9.17, 15) is 0 Å². The summed E-state index contributed by atoms with van der Waals surface area (Å²) in [6.45, 7) is 3.50. The third-order valence-electron chi connectivity index (χ3n) is 2.92. The molecule has 1 aromatic carbocycles. The zero-order chi connectivity index (χ0) is 10.5. The van der Waals surface area contributed by atoms with E-state index < -0.39 is 0 Å². The van der Waals surface area contributed by atoms with Gasteiger partial charge in [0.15, 0.2) is 0 Å². The van der Waals surface area contributed by atoms with Crippen LogP contribution in [0.5, 0.6) is 5.75 Å².